The summed E-state index contributed by atoms with van der Waals surface area (Å²) in [4.78, 5) is 12.2. The fraction of sp³-hybridized carbons (Fsp3) is 0.500. The number of quaternary nitrogens is 1. The van der Waals surface area contributed by atoms with E-state index in [-0.39, 0.29) is 4.48 Å². The molecule has 13 heavy (non-hydrogen) atoms. The van der Waals surface area contributed by atoms with Gasteiger partial charge in [-0.25, -0.2) is 4.79 Å². The number of allylic oxidation sites excluding steroid dienone is 2. The Balaban J connectivity index is 3.24. The van der Waals surface area contributed by atoms with Crippen molar-refractivity contribution in [2.75, 3.05) is 6.54 Å². The average Bonchev–Trinajstić information content (AvgIpc) is 2.40. The van der Waals surface area contributed by atoms with Gasteiger partial charge in [0.25, 0.3) is 5.17 Å². The first-order chi connectivity index (χ1) is 6.12. The Hall–Kier alpha value is -0.810. The van der Waals surface area contributed by atoms with Gasteiger partial charge in [-0.3, -0.25) is 0 Å². The van der Waals surface area contributed by atoms with E-state index in [1.54, 1.807) is 0 Å². The van der Waals surface area contributed by atoms with Gasteiger partial charge in [0.15, 0.2) is 0 Å². The van der Waals surface area contributed by atoms with Crippen molar-refractivity contribution in [3.8, 4) is 0 Å². The molecule has 1 atom stereocenters. The van der Waals surface area contributed by atoms with Gasteiger partial charge in [0, 0.05) is 6.92 Å². The fourth-order valence-corrected chi connectivity index (χ4v) is 2.53. The minimum atomic E-state index is 0.160. The van der Waals surface area contributed by atoms with Gasteiger partial charge in [0.1, 0.15) is 5.70 Å². The number of carbonyl (C=O) groups is 1. The van der Waals surface area contributed by atoms with Crippen LogP contribution in [0.1, 0.15) is 20.8 Å². The molecule has 0 saturated heterocycles. The molecule has 1 amide bonds. The number of amidine groups is 1. The lowest BCUT2D eigenvalue weighted by Crippen LogP contribution is -2.46. The first-order valence-electron chi connectivity index (χ1n) is 4.10. The second kappa shape index (κ2) is 3.51. The SMILES string of the molecule is CC[N+]1(C=O)C(=NN)SC(C)=C1C. The van der Waals surface area contributed by atoms with E-state index in [0.717, 1.165) is 17.0 Å². The van der Waals surface area contributed by atoms with Gasteiger partial charge in [-0.2, -0.15) is 4.48 Å². The summed E-state index contributed by atoms with van der Waals surface area (Å²) >= 11 is 1.48. The maximum Gasteiger partial charge on any atom is 0.313 e. The highest BCUT2D eigenvalue weighted by Crippen LogP contribution is 2.38. The third kappa shape index (κ3) is 1.28. The van der Waals surface area contributed by atoms with E-state index in [2.05, 4.69) is 5.10 Å². The number of carbonyl (C=O) groups excluding carboxylic acids is 1. The molecule has 0 aromatic rings. The van der Waals surface area contributed by atoms with E-state index in [9.17, 15) is 4.79 Å². The van der Waals surface area contributed by atoms with Crippen LogP contribution in [0.4, 0.5) is 0 Å². The highest BCUT2D eigenvalue weighted by Gasteiger charge is 2.43. The molecule has 0 aliphatic carbocycles. The van der Waals surface area contributed by atoms with E-state index >= 15 is 0 Å². The van der Waals surface area contributed by atoms with Crippen molar-refractivity contribution in [3.05, 3.63) is 10.6 Å². The van der Waals surface area contributed by atoms with Gasteiger partial charge in [0.05, 0.1) is 11.4 Å². The molecule has 1 unspecified atom stereocenters. The van der Waals surface area contributed by atoms with Crippen LogP contribution in [0, 0.1) is 0 Å². The maximum absolute atomic E-state index is 11.1. The number of hydrogen-bond acceptors (Lipinski definition) is 4. The number of amides is 1. The van der Waals surface area contributed by atoms with Crippen LogP contribution in [0.3, 0.4) is 0 Å². The van der Waals surface area contributed by atoms with Crippen LogP contribution in [0.15, 0.2) is 15.7 Å². The van der Waals surface area contributed by atoms with Crippen LogP contribution in [0.2, 0.25) is 0 Å². The molecule has 1 aliphatic heterocycles. The Morgan fingerprint density at radius 3 is 2.54 bits per heavy atom. The molecular formula is C8H14N3OS+. The van der Waals surface area contributed by atoms with E-state index in [0.29, 0.717) is 11.7 Å². The molecule has 2 N–H and O–H groups in total. The fourth-order valence-electron chi connectivity index (χ4n) is 1.42. The summed E-state index contributed by atoms with van der Waals surface area (Å²) in [6.45, 7) is 6.53. The summed E-state index contributed by atoms with van der Waals surface area (Å²) in [6.07, 6.45) is 0.893. The van der Waals surface area contributed by atoms with Gasteiger partial charge in [-0.05, 0) is 25.6 Å². The molecule has 72 valence electrons. The summed E-state index contributed by atoms with van der Waals surface area (Å²) in [5.41, 5.74) is 1.02. The third-order valence-corrected chi connectivity index (χ3v) is 3.70. The van der Waals surface area contributed by atoms with Crippen molar-refractivity contribution >= 4 is 23.3 Å². The number of nitrogens with two attached hydrogens (primary N) is 1. The van der Waals surface area contributed by atoms with Crippen molar-refractivity contribution in [2.24, 2.45) is 10.9 Å². The Labute approximate surface area is 82.1 Å². The Morgan fingerprint density at radius 2 is 2.23 bits per heavy atom. The molecule has 0 spiro atoms. The summed E-state index contributed by atoms with van der Waals surface area (Å²) in [5, 5.41) is 4.32. The summed E-state index contributed by atoms with van der Waals surface area (Å²) in [5.74, 6) is 5.25. The molecule has 0 fully saturated rings. The van der Waals surface area contributed by atoms with Crippen LogP contribution in [-0.4, -0.2) is 22.6 Å². The van der Waals surface area contributed by atoms with Crippen LogP contribution in [0.25, 0.3) is 0 Å². The van der Waals surface area contributed by atoms with Crippen molar-refractivity contribution < 1.29 is 9.28 Å². The van der Waals surface area contributed by atoms with E-state index in [1.807, 2.05) is 20.8 Å². The van der Waals surface area contributed by atoms with Crippen molar-refractivity contribution in [1.82, 2.24) is 0 Å². The highest BCUT2D eigenvalue weighted by molar-refractivity contribution is 8.17. The van der Waals surface area contributed by atoms with Crippen LogP contribution < -0.4 is 5.84 Å². The van der Waals surface area contributed by atoms with Gasteiger partial charge in [-0.1, -0.05) is 0 Å². The standard InChI is InChI=1S/C8H14N3OS/c1-4-11(5-12)6(2)7(3)13-8(11)10-9/h5H,4,9H2,1-3H3/q+1. The Morgan fingerprint density at radius 1 is 1.62 bits per heavy atom. The molecule has 0 saturated carbocycles. The zero-order chi connectivity index (χ0) is 10.1. The van der Waals surface area contributed by atoms with E-state index in [1.165, 1.54) is 11.8 Å². The van der Waals surface area contributed by atoms with E-state index in [4.69, 9.17) is 5.84 Å². The van der Waals surface area contributed by atoms with Crippen molar-refractivity contribution in [2.45, 2.75) is 20.8 Å². The first kappa shape index (κ1) is 10.3. The molecule has 4 nitrogen and oxygen atoms in total. The number of rotatable bonds is 2. The van der Waals surface area contributed by atoms with Gasteiger partial charge in [-0.15, -0.1) is 5.10 Å². The third-order valence-electron chi connectivity index (χ3n) is 2.48. The summed E-state index contributed by atoms with van der Waals surface area (Å²) < 4.78 is 0.160. The van der Waals surface area contributed by atoms with Crippen LogP contribution in [0.5, 0.6) is 0 Å². The van der Waals surface area contributed by atoms with Gasteiger partial charge in [0.2, 0.25) is 0 Å². The lowest BCUT2D eigenvalue weighted by Gasteiger charge is -2.24. The van der Waals surface area contributed by atoms with Crippen molar-refractivity contribution in [3.63, 3.8) is 0 Å². The molecule has 0 aromatic carbocycles. The first-order valence-corrected chi connectivity index (χ1v) is 4.92. The smallest absolute Gasteiger partial charge is 0.313 e. The minimum absolute atomic E-state index is 0.160. The van der Waals surface area contributed by atoms with Gasteiger partial charge < -0.3 is 5.84 Å². The number of hydrogen-bond donors (Lipinski definition) is 1. The molecule has 0 bridgehead atoms. The highest BCUT2D eigenvalue weighted by atomic mass is 32.2. The number of hydrazone groups is 1. The lowest BCUT2D eigenvalue weighted by molar-refractivity contribution is -0.704. The molecule has 5 heteroatoms. The number of nitrogens with zero attached hydrogens (tertiary/aromatic N) is 2. The number of thioether (sulfide) groups is 1. The maximum atomic E-state index is 11.1. The molecular weight excluding hydrogens is 186 g/mol. The molecule has 0 aromatic heterocycles. The van der Waals surface area contributed by atoms with Crippen molar-refractivity contribution in [1.29, 1.82) is 0 Å². The minimum Gasteiger partial charge on any atom is -0.317 e. The Kier molecular flexibility index (Phi) is 2.77. The quantitative estimate of drug-likeness (QED) is 0.315. The molecule has 1 rings (SSSR count). The molecule has 1 aliphatic rings. The predicted octanol–water partition coefficient (Wildman–Crippen LogP) is 1.21. The largest absolute Gasteiger partial charge is 0.317 e. The second-order valence-corrected chi connectivity index (χ2v) is 4.13. The van der Waals surface area contributed by atoms with E-state index < -0.39 is 0 Å². The second-order valence-electron chi connectivity index (χ2n) is 2.95. The lowest BCUT2D eigenvalue weighted by atomic mass is 10.3. The zero-order valence-corrected chi connectivity index (χ0v) is 8.89. The van der Waals surface area contributed by atoms with Gasteiger partial charge >= 0.3 is 6.41 Å². The van der Waals surface area contributed by atoms with Crippen LogP contribution in [-0.2, 0) is 4.79 Å². The summed E-state index contributed by atoms with van der Waals surface area (Å²) in [6, 6.07) is 0. The molecule has 1 heterocycles. The normalized spacial score (nSPS) is 31.5. The average molecular weight is 200 g/mol. The zero-order valence-electron chi connectivity index (χ0n) is 8.07. The predicted molar refractivity (Wildman–Crippen MR) is 54.5 cm³/mol. The monoisotopic (exact) mass is 200 g/mol. The topological polar surface area (TPSA) is 55.5 Å². The Bertz CT molecular complexity index is 298. The molecule has 0 radical (unpaired) electrons. The van der Waals surface area contributed by atoms with Crippen LogP contribution >= 0.6 is 11.8 Å². The summed E-state index contributed by atoms with van der Waals surface area (Å²) in [7, 11) is 0.